The van der Waals surface area contributed by atoms with Gasteiger partial charge in [0.15, 0.2) is 0 Å². The zero-order valence-corrected chi connectivity index (χ0v) is 16.7. The molecule has 0 unspecified atom stereocenters. The number of carbonyl (C=O) groups is 1. The number of nitrogens with one attached hydrogen (secondary N) is 1. The number of rotatable bonds is 5. The van der Waals surface area contributed by atoms with Gasteiger partial charge in [0, 0.05) is 23.0 Å². The Morgan fingerprint density at radius 2 is 2.04 bits per heavy atom. The Kier molecular flexibility index (Phi) is 5.21. The second-order valence-corrected chi connectivity index (χ2v) is 8.29. The Labute approximate surface area is 170 Å². The van der Waals surface area contributed by atoms with Crippen LogP contribution in [0.25, 0.3) is 0 Å². The third-order valence-corrected chi connectivity index (χ3v) is 6.39. The Balaban J connectivity index is 1.33. The minimum Gasteiger partial charge on any atom is -0.508 e. The topological polar surface area (TPSA) is 61.8 Å². The smallest absolute Gasteiger partial charge is 0.228 e. The number of hydrogen-bond acceptors (Lipinski definition) is 4. The highest BCUT2D eigenvalue weighted by Crippen LogP contribution is 2.59. The van der Waals surface area contributed by atoms with E-state index in [-0.39, 0.29) is 23.0 Å². The van der Waals surface area contributed by atoms with Crippen LogP contribution < -0.4 is 10.1 Å². The second-order valence-electron chi connectivity index (χ2n) is 7.86. The average molecular weight is 401 g/mol. The standard InChI is InChI=1S/C22H25ClN2O3/c1-28-20-5-3-2-4-18(20)24-21(27)17-13-22(17)8-10-25(11-9-22)14-15-12-16(23)6-7-19(15)26/h2-7,12,17,26H,8-11,13-14H2,1H3,(H,24,27)/t17-/m0/s1. The van der Waals surface area contributed by atoms with Crippen LogP contribution in [0.15, 0.2) is 42.5 Å². The number of phenols is 1. The fraction of sp³-hybridized carbons (Fsp3) is 0.409. The van der Waals surface area contributed by atoms with Crippen LogP contribution >= 0.6 is 11.6 Å². The summed E-state index contributed by atoms with van der Waals surface area (Å²) in [6, 6.07) is 12.7. The van der Waals surface area contributed by atoms with Gasteiger partial charge >= 0.3 is 0 Å². The molecule has 0 radical (unpaired) electrons. The number of piperidine rings is 1. The number of aromatic hydroxyl groups is 1. The van der Waals surface area contributed by atoms with E-state index in [9.17, 15) is 9.90 Å². The van der Waals surface area contributed by atoms with Crippen molar-refractivity contribution in [3.63, 3.8) is 0 Å². The third kappa shape index (κ3) is 3.82. The van der Waals surface area contributed by atoms with Gasteiger partial charge in [-0.05, 0) is 68.1 Å². The highest BCUT2D eigenvalue weighted by atomic mass is 35.5. The molecule has 2 fully saturated rings. The number of halogens is 1. The highest BCUT2D eigenvalue weighted by molar-refractivity contribution is 6.30. The molecule has 1 amide bonds. The third-order valence-electron chi connectivity index (χ3n) is 6.16. The molecular weight excluding hydrogens is 376 g/mol. The molecule has 2 aromatic rings. The maximum absolute atomic E-state index is 12.7. The molecule has 1 saturated carbocycles. The summed E-state index contributed by atoms with van der Waals surface area (Å²) in [5, 5.41) is 13.7. The monoisotopic (exact) mass is 400 g/mol. The molecule has 2 aromatic carbocycles. The van der Waals surface area contributed by atoms with Crippen LogP contribution in [-0.2, 0) is 11.3 Å². The lowest BCUT2D eigenvalue weighted by atomic mass is 9.90. The first-order chi connectivity index (χ1) is 13.5. The fourth-order valence-corrected chi connectivity index (χ4v) is 4.51. The molecule has 2 N–H and O–H groups in total. The van der Waals surface area contributed by atoms with E-state index in [1.165, 1.54) is 0 Å². The molecule has 0 aromatic heterocycles. The molecule has 1 spiro atoms. The van der Waals surface area contributed by atoms with Crippen molar-refractivity contribution in [2.24, 2.45) is 11.3 Å². The lowest BCUT2D eigenvalue weighted by Gasteiger charge is -2.33. The molecule has 1 aliphatic heterocycles. The van der Waals surface area contributed by atoms with Gasteiger partial charge in [-0.2, -0.15) is 0 Å². The van der Waals surface area contributed by atoms with Crippen LogP contribution in [0.4, 0.5) is 5.69 Å². The summed E-state index contributed by atoms with van der Waals surface area (Å²) in [5.41, 5.74) is 1.70. The first-order valence-electron chi connectivity index (χ1n) is 9.64. The van der Waals surface area contributed by atoms with E-state index in [2.05, 4.69) is 10.2 Å². The number of nitrogens with zero attached hydrogens (tertiary/aromatic N) is 1. The summed E-state index contributed by atoms with van der Waals surface area (Å²) in [5.74, 6) is 1.12. The molecule has 1 atom stereocenters. The molecular formula is C22H25ClN2O3. The Morgan fingerprint density at radius 3 is 2.79 bits per heavy atom. The molecule has 1 heterocycles. The van der Waals surface area contributed by atoms with Gasteiger partial charge in [-0.15, -0.1) is 0 Å². The van der Waals surface area contributed by atoms with Gasteiger partial charge in [0.1, 0.15) is 11.5 Å². The fourth-order valence-electron chi connectivity index (χ4n) is 4.32. The van der Waals surface area contributed by atoms with Gasteiger partial charge in [-0.1, -0.05) is 23.7 Å². The lowest BCUT2D eigenvalue weighted by molar-refractivity contribution is -0.118. The number of para-hydroxylation sites is 2. The van der Waals surface area contributed by atoms with Gasteiger partial charge in [0.05, 0.1) is 12.8 Å². The van der Waals surface area contributed by atoms with E-state index in [4.69, 9.17) is 16.3 Å². The van der Waals surface area contributed by atoms with Crippen molar-refractivity contribution >= 4 is 23.2 Å². The molecule has 0 bridgehead atoms. The average Bonchev–Trinajstić information content (AvgIpc) is 3.41. The van der Waals surface area contributed by atoms with E-state index in [0.717, 1.165) is 43.6 Å². The van der Waals surface area contributed by atoms with Crippen molar-refractivity contribution in [1.82, 2.24) is 4.90 Å². The number of amides is 1. The molecule has 6 heteroatoms. The molecule has 4 rings (SSSR count). The van der Waals surface area contributed by atoms with E-state index in [1.807, 2.05) is 30.3 Å². The lowest BCUT2D eigenvalue weighted by Crippen LogP contribution is -2.35. The van der Waals surface area contributed by atoms with Crippen LogP contribution in [0.1, 0.15) is 24.8 Å². The van der Waals surface area contributed by atoms with Crippen LogP contribution in [-0.4, -0.2) is 36.1 Å². The van der Waals surface area contributed by atoms with Crippen LogP contribution in [0.3, 0.4) is 0 Å². The van der Waals surface area contributed by atoms with Crippen LogP contribution in [0.2, 0.25) is 5.02 Å². The van der Waals surface area contributed by atoms with Crippen molar-refractivity contribution in [3.05, 3.63) is 53.1 Å². The number of likely N-dealkylation sites (tertiary alicyclic amines) is 1. The number of methoxy groups -OCH3 is 1. The SMILES string of the molecule is COc1ccccc1NC(=O)[C@@H]1CC12CCN(Cc1cc(Cl)ccc1O)CC2. The zero-order chi connectivity index (χ0) is 19.7. The maximum atomic E-state index is 12.7. The van der Waals surface area contributed by atoms with Gasteiger partial charge < -0.3 is 15.2 Å². The Morgan fingerprint density at radius 1 is 1.29 bits per heavy atom. The second kappa shape index (κ2) is 7.64. The predicted molar refractivity (Wildman–Crippen MR) is 110 cm³/mol. The minimum atomic E-state index is 0.0686. The molecule has 1 aliphatic carbocycles. The number of hydrogen-bond donors (Lipinski definition) is 2. The summed E-state index contributed by atoms with van der Waals surface area (Å²) in [6.45, 7) is 2.52. The first kappa shape index (κ1) is 19.1. The van der Waals surface area contributed by atoms with Gasteiger partial charge in [0.2, 0.25) is 5.91 Å². The van der Waals surface area contributed by atoms with E-state index < -0.39 is 0 Å². The van der Waals surface area contributed by atoms with E-state index in [0.29, 0.717) is 17.3 Å². The number of carbonyl (C=O) groups excluding carboxylic acids is 1. The van der Waals surface area contributed by atoms with Gasteiger partial charge in [-0.25, -0.2) is 0 Å². The Hall–Kier alpha value is -2.24. The Bertz CT molecular complexity index is 878. The van der Waals surface area contributed by atoms with Crippen molar-refractivity contribution < 1.29 is 14.6 Å². The van der Waals surface area contributed by atoms with Gasteiger partial charge in [-0.3, -0.25) is 9.69 Å². The van der Waals surface area contributed by atoms with E-state index >= 15 is 0 Å². The zero-order valence-electron chi connectivity index (χ0n) is 16.0. The van der Waals surface area contributed by atoms with Crippen LogP contribution in [0.5, 0.6) is 11.5 Å². The highest BCUT2D eigenvalue weighted by Gasteiger charge is 2.58. The van der Waals surface area contributed by atoms with Crippen molar-refractivity contribution in [2.75, 3.05) is 25.5 Å². The van der Waals surface area contributed by atoms with Crippen molar-refractivity contribution in [3.8, 4) is 11.5 Å². The van der Waals surface area contributed by atoms with Crippen molar-refractivity contribution in [1.29, 1.82) is 0 Å². The molecule has 1 saturated heterocycles. The summed E-state index contributed by atoms with van der Waals surface area (Å²) in [6.07, 6.45) is 2.95. The van der Waals surface area contributed by atoms with Crippen molar-refractivity contribution in [2.45, 2.75) is 25.8 Å². The molecule has 148 valence electrons. The first-order valence-corrected chi connectivity index (χ1v) is 10.0. The largest absolute Gasteiger partial charge is 0.508 e. The molecule has 5 nitrogen and oxygen atoms in total. The summed E-state index contributed by atoms with van der Waals surface area (Å²) >= 11 is 6.05. The number of ether oxygens (including phenoxy) is 1. The van der Waals surface area contributed by atoms with Gasteiger partial charge in [0.25, 0.3) is 0 Å². The summed E-state index contributed by atoms with van der Waals surface area (Å²) in [4.78, 5) is 15.1. The summed E-state index contributed by atoms with van der Waals surface area (Å²) < 4.78 is 5.32. The van der Waals surface area contributed by atoms with E-state index in [1.54, 1.807) is 19.2 Å². The quantitative estimate of drug-likeness (QED) is 0.785. The van der Waals surface area contributed by atoms with Crippen LogP contribution in [0, 0.1) is 11.3 Å². The minimum absolute atomic E-state index is 0.0686. The predicted octanol–water partition coefficient (Wildman–Crippen LogP) is 4.30. The summed E-state index contributed by atoms with van der Waals surface area (Å²) in [7, 11) is 1.61. The normalized spacial score (nSPS) is 20.7. The maximum Gasteiger partial charge on any atom is 0.228 e. The number of phenolic OH excluding ortho intramolecular Hbond substituents is 1. The number of benzene rings is 2. The molecule has 28 heavy (non-hydrogen) atoms. The molecule has 2 aliphatic rings. The number of anilines is 1.